The molecule has 43 heavy (non-hydrogen) atoms. The lowest BCUT2D eigenvalue weighted by atomic mass is 10.1. The van der Waals surface area contributed by atoms with Gasteiger partial charge in [0.2, 0.25) is 5.95 Å². The first-order valence-corrected chi connectivity index (χ1v) is 17.0. The first-order valence-electron chi connectivity index (χ1n) is 12.2. The van der Waals surface area contributed by atoms with Crippen LogP contribution in [-0.4, -0.2) is 82.1 Å². The number of hydrogen-bond acceptors (Lipinski definition) is 16. The highest BCUT2D eigenvalue weighted by molar-refractivity contribution is 8.36. The van der Waals surface area contributed by atoms with Crippen molar-refractivity contribution < 1.29 is 37.8 Å². The van der Waals surface area contributed by atoms with Gasteiger partial charge in [-0.3, -0.25) is 23.7 Å². The lowest BCUT2D eigenvalue weighted by Crippen LogP contribution is -2.35. The first-order chi connectivity index (χ1) is 20.7. The van der Waals surface area contributed by atoms with E-state index in [1.165, 1.54) is 23.2 Å². The minimum Gasteiger partial charge on any atom is -0.466 e. The van der Waals surface area contributed by atoms with Gasteiger partial charge in [0.15, 0.2) is 23.0 Å². The number of carbonyl (C=O) groups is 1. The largest absolute Gasteiger partial charge is 0.466 e. The lowest BCUT2D eigenvalue weighted by molar-refractivity contribution is -0.128. The Labute approximate surface area is 253 Å². The van der Waals surface area contributed by atoms with Crippen molar-refractivity contribution in [3.8, 4) is 6.07 Å². The maximum atomic E-state index is 12.3. The molecule has 1 aliphatic heterocycles. The molecular formula is C21H23N9O9P2S2. The second-order valence-electron chi connectivity index (χ2n) is 8.87. The summed E-state index contributed by atoms with van der Waals surface area (Å²) < 4.78 is 30.4. The van der Waals surface area contributed by atoms with Gasteiger partial charge in [0.1, 0.15) is 48.9 Å². The molecule has 0 aromatic carbocycles. The van der Waals surface area contributed by atoms with E-state index in [9.17, 15) is 24.9 Å². The van der Waals surface area contributed by atoms with Crippen LogP contribution in [0, 0.1) is 11.3 Å². The smallest absolute Gasteiger partial charge is 0.325 e. The lowest BCUT2D eigenvalue weighted by Gasteiger charge is -2.26. The van der Waals surface area contributed by atoms with E-state index in [4.69, 9.17) is 40.6 Å². The summed E-state index contributed by atoms with van der Waals surface area (Å²) in [6.07, 6.45) is -2.27. The number of thiol groups is 1. The molecule has 0 amide bonds. The summed E-state index contributed by atoms with van der Waals surface area (Å²) in [6.45, 7) is -4.20. The molecule has 1 aliphatic rings. The van der Waals surface area contributed by atoms with Crippen molar-refractivity contribution in [1.82, 2.24) is 34.1 Å². The number of nitriles is 1. The average Bonchev–Trinajstić information content (AvgIpc) is 3.64. The third kappa shape index (κ3) is 6.71. The number of nitrogen functional groups attached to an aromatic ring is 1. The van der Waals surface area contributed by atoms with E-state index < -0.39 is 36.8 Å². The van der Waals surface area contributed by atoms with E-state index in [-0.39, 0.29) is 62.9 Å². The number of carbonyl (C=O) groups excluding carboxylic acids is 1. The number of ether oxygens (including phenoxy) is 2. The fraction of sp³-hybridized carbons (Fsp3) is 0.381. The predicted molar refractivity (Wildman–Crippen MR) is 156 cm³/mol. The molecule has 2 unspecified atom stereocenters. The third-order valence-electron chi connectivity index (χ3n) is 6.26. The Balaban J connectivity index is 1.41. The van der Waals surface area contributed by atoms with Crippen LogP contribution >= 0.6 is 27.0 Å². The van der Waals surface area contributed by atoms with E-state index >= 15 is 0 Å². The molecule has 18 nitrogen and oxygen atoms in total. The molecule has 1 fully saturated rings. The number of nitrogens with one attached hydrogen (secondary N) is 1. The Bertz CT molecular complexity index is 1800. The minimum atomic E-state index is -4.15. The maximum absolute atomic E-state index is 12.3. The Hall–Kier alpha value is -3.08. The van der Waals surface area contributed by atoms with Crippen molar-refractivity contribution in [2.45, 2.75) is 37.7 Å². The minimum absolute atomic E-state index is 0.0166. The van der Waals surface area contributed by atoms with Crippen LogP contribution in [0.15, 0.2) is 23.4 Å². The number of nitrogens with zero attached hydrogens (tertiary/aromatic N) is 7. The van der Waals surface area contributed by atoms with Crippen LogP contribution in [0.25, 0.3) is 22.3 Å². The van der Waals surface area contributed by atoms with Crippen molar-refractivity contribution >= 4 is 73.5 Å². The van der Waals surface area contributed by atoms with E-state index in [0.29, 0.717) is 17.6 Å². The van der Waals surface area contributed by atoms with E-state index in [0.717, 1.165) is 0 Å². The monoisotopic (exact) mass is 671 g/mol. The summed E-state index contributed by atoms with van der Waals surface area (Å²) in [6, 6.07) is 3.49. The van der Waals surface area contributed by atoms with Crippen molar-refractivity contribution in [2.24, 2.45) is 0 Å². The average molecular weight is 672 g/mol. The van der Waals surface area contributed by atoms with Gasteiger partial charge < -0.3 is 38.8 Å². The number of hydrogen-bond donors (Lipinski definition) is 5. The van der Waals surface area contributed by atoms with Crippen molar-refractivity contribution in [3.05, 3.63) is 40.3 Å². The van der Waals surface area contributed by atoms with Crippen LogP contribution in [0.1, 0.15) is 17.6 Å². The van der Waals surface area contributed by atoms with Gasteiger partial charge in [-0.15, -0.1) is 12.2 Å². The summed E-state index contributed by atoms with van der Waals surface area (Å²) in [5.41, 5.74) is 6.11. The molecule has 22 heteroatoms. The number of rotatable bonds is 13. The van der Waals surface area contributed by atoms with Crippen molar-refractivity contribution in [3.63, 3.8) is 0 Å². The van der Waals surface area contributed by atoms with Gasteiger partial charge >= 0.3 is 6.72 Å². The number of aromatic amines is 1. The van der Waals surface area contributed by atoms with Gasteiger partial charge in [-0.2, -0.15) is 10.2 Å². The zero-order valence-corrected chi connectivity index (χ0v) is 25.3. The number of aliphatic hydroxyl groups excluding tert-OH is 1. The molecule has 0 bridgehead atoms. The Kier molecular flexibility index (Phi) is 9.68. The van der Waals surface area contributed by atoms with Crippen LogP contribution < -0.4 is 11.3 Å². The molecule has 4 aromatic rings. The zero-order valence-electron chi connectivity index (χ0n) is 21.7. The van der Waals surface area contributed by atoms with Gasteiger partial charge in [-0.05, 0) is 17.9 Å². The first kappa shape index (κ1) is 31.3. The zero-order chi connectivity index (χ0) is 30.7. The Morgan fingerprint density at radius 2 is 2.19 bits per heavy atom. The number of aromatic nitrogens is 7. The molecule has 228 valence electrons. The van der Waals surface area contributed by atoms with Crippen LogP contribution in [0.2, 0.25) is 0 Å². The molecule has 5 heterocycles. The van der Waals surface area contributed by atoms with Gasteiger partial charge in [0.25, 0.3) is 12.0 Å². The quantitative estimate of drug-likeness (QED) is 0.0544. The molecule has 1 saturated heterocycles. The topological polar surface area (TPSA) is 248 Å². The number of fused-ring (bicyclic) bond motifs is 2. The molecule has 0 spiro atoms. The number of H-pyrrole nitrogens is 1. The van der Waals surface area contributed by atoms with Gasteiger partial charge in [0.05, 0.1) is 33.1 Å². The predicted octanol–water partition coefficient (Wildman–Crippen LogP) is 0.0232. The maximum Gasteiger partial charge on any atom is 0.325 e. The van der Waals surface area contributed by atoms with Gasteiger partial charge in [-0.25, -0.2) is 15.0 Å². The van der Waals surface area contributed by atoms with Crippen LogP contribution in [0.4, 0.5) is 5.95 Å². The standard InChI is InChI=1S/C21H23N9O9P2S2/c22-4-10-3-11-17(24-5-10)29(1-2-35-9-31)13(26-11)7-37-41(34,43)39-16-15(32)12(6-36-40-42)38-20(16)30-8-25-14-18(30)27-21(23)28-19(14)33/h3,5,8-9,12,15-16,20,32,40,42H,1-2,6-7H2,(H,34,43)(H3,23,27,28,33)/t12-,15-,16-,20-,41?/m1/s1. The highest BCUT2D eigenvalue weighted by Crippen LogP contribution is 2.50. The van der Waals surface area contributed by atoms with E-state index in [1.54, 1.807) is 4.57 Å². The number of pyridine rings is 1. The summed E-state index contributed by atoms with van der Waals surface area (Å²) in [4.78, 5) is 53.2. The van der Waals surface area contributed by atoms with Gasteiger partial charge in [-0.1, -0.05) is 0 Å². The van der Waals surface area contributed by atoms with Gasteiger partial charge in [0, 0.05) is 6.20 Å². The summed E-state index contributed by atoms with van der Waals surface area (Å²) in [5.74, 6) is 0.0547. The van der Waals surface area contributed by atoms with E-state index in [1.807, 2.05) is 6.07 Å². The molecule has 5 rings (SSSR count). The summed E-state index contributed by atoms with van der Waals surface area (Å²) in [5, 5.41) is 20.3. The summed E-state index contributed by atoms with van der Waals surface area (Å²) in [7, 11) is -0.201. The SMILES string of the molecule is N#Cc1cnc2c(c1)nc(COP(O)(=S)O[C@@H]1[C@H](O)[C@@H](COPS)O[C@H]1n1cnc3c(=O)[nH]c(N)nc31)n2CCOC=O. The molecular weight excluding hydrogens is 648 g/mol. The summed E-state index contributed by atoms with van der Waals surface area (Å²) >= 11 is 9.31. The molecule has 6 atom stereocenters. The fourth-order valence-corrected chi connectivity index (χ4v) is 6.22. The third-order valence-corrected chi connectivity index (χ3v) is 8.48. The number of imidazole rings is 2. The van der Waals surface area contributed by atoms with Crippen LogP contribution in [0.5, 0.6) is 0 Å². The number of nitrogens with two attached hydrogens (primary N) is 1. The van der Waals surface area contributed by atoms with Crippen molar-refractivity contribution in [2.75, 3.05) is 18.9 Å². The van der Waals surface area contributed by atoms with Crippen molar-refractivity contribution in [1.29, 1.82) is 5.26 Å². The molecule has 5 N–H and O–H groups in total. The molecule has 0 saturated carbocycles. The highest BCUT2D eigenvalue weighted by Gasteiger charge is 2.48. The van der Waals surface area contributed by atoms with Crippen LogP contribution in [0.3, 0.4) is 0 Å². The second kappa shape index (κ2) is 13.3. The number of aliphatic hydroxyl groups is 1. The molecule has 4 aromatic heterocycles. The highest BCUT2D eigenvalue weighted by atomic mass is 32.7. The Morgan fingerprint density at radius 1 is 1.37 bits per heavy atom. The Morgan fingerprint density at radius 3 is 2.93 bits per heavy atom. The molecule has 0 aliphatic carbocycles. The molecule has 0 radical (unpaired) electrons. The normalized spacial score (nSPS) is 21.9. The van der Waals surface area contributed by atoms with E-state index in [2.05, 4.69) is 37.2 Å². The van der Waals surface area contributed by atoms with Crippen LogP contribution in [-0.2, 0) is 52.8 Å². The fourth-order valence-electron chi connectivity index (χ4n) is 4.42. The number of anilines is 1. The second-order valence-corrected chi connectivity index (χ2v) is 12.7.